The maximum atomic E-state index is 11.5. The molecule has 1 saturated heterocycles. The van der Waals surface area contributed by atoms with Crippen LogP contribution in [0.2, 0.25) is 0 Å². The Hall–Kier alpha value is -0.760. The average Bonchev–Trinajstić information content (AvgIpc) is 3.11. The first-order valence-electron chi connectivity index (χ1n) is 9.91. The van der Waals surface area contributed by atoms with Crippen LogP contribution in [0.15, 0.2) is 6.20 Å². The molecule has 0 aliphatic carbocycles. The minimum atomic E-state index is -2.86. The van der Waals surface area contributed by atoms with Gasteiger partial charge in [-0.2, -0.15) is 12.6 Å². The van der Waals surface area contributed by atoms with Gasteiger partial charge in [-0.1, -0.05) is 5.21 Å². The molecule has 0 aromatic carbocycles. The Morgan fingerprint density at radius 1 is 1.10 bits per heavy atom. The van der Waals surface area contributed by atoms with Crippen molar-refractivity contribution in [3.63, 3.8) is 0 Å². The first-order valence-corrected chi connectivity index (χ1v) is 12.2. The lowest BCUT2D eigenvalue weighted by atomic mass is 10.4. The summed E-state index contributed by atoms with van der Waals surface area (Å²) in [6.07, 6.45) is 1.88. The van der Waals surface area contributed by atoms with E-state index in [0.29, 0.717) is 65.8 Å². The van der Waals surface area contributed by atoms with Crippen molar-refractivity contribution in [2.45, 2.75) is 25.4 Å². The van der Waals surface area contributed by atoms with Crippen LogP contribution in [0.25, 0.3) is 0 Å². The van der Waals surface area contributed by atoms with Crippen LogP contribution in [-0.2, 0) is 37.1 Å². The van der Waals surface area contributed by atoms with Gasteiger partial charge in [0.25, 0.3) is 0 Å². The molecule has 12 heteroatoms. The van der Waals surface area contributed by atoms with Crippen molar-refractivity contribution in [3.05, 3.63) is 11.9 Å². The topological polar surface area (TPSA) is 108 Å². The van der Waals surface area contributed by atoms with Crippen molar-refractivity contribution < 1.29 is 22.6 Å². The lowest BCUT2D eigenvalue weighted by Crippen LogP contribution is -2.39. The van der Waals surface area contributed by atoms with Crippen molar-refractivity contribution in [1.29, 1.82) is 0 Å². The Morgan fingerprint density at radius 2 is 1.72 bits per heavy atom. The van der Waals surface area contributed by atoms with Gasteiger partial charge in [-0.15, -0.1) is 5.10 Å². The van der Waals surface area contributed by atoms with Gasteiger partial charge >= 0.3 is 0 Å². The molecule has 0 saturated carbocycles. The van der Waals surface area contributed by atoms with Gasteiger partial charge in [-0.05, 0) is 6.92 Å². The number of hydrogen-bond donors (Lipinski definition) is 2. The Kier molecular flexibility index (Phi) is 11.4. The molecule has 1 unspecified atom stereocenters. The number of hydrogen-bond acceptors (Lipinski definition) is 10. The Bertz CT molecular complexity index is 657. The first-order chi connectivity index (χ1) is 13.9. The van der Waals surface area contributed by atoms with Gasteiger partial charge in [0.15, 0.2) is 9.84 Å². The van der Waals surface area contributed by atoms with E-state index in [1.165, 1.54) is 0 Å². The zero-order chi connectivity index (χ0) is 21.0. The van der Waals surface area contributed by atoms with Gasteiger partial charge < -0.3 is 19.5 Å². The summed E-state index contributed by atoms with van der Waals surface area (Å²) in [6, 6.07) is 0. The van der Waals surface area contributed by atoms with E-state index >= 15 is 0 Å². The van der Waals surface area contributed by atoms with Crippen molar-refractivity contribution in [2.75, 3.05) is 70.8 Å². The Morgan fingerprint density at radius 3 is 2.38 bits per heavy atom. The van der Waals surface area contributed by atoms with Crippen molar-refractivity contribution in [1.82, 2.24) is 25.2 Å². The SMILES string of the molecule is CC(S)NCCOCCOCCOCCn1cc(CN2CCS(=O)(=O)CC2)nn1. The van der Waals surface area contributed by atoms with Crippen LogP contribution in [0.4, 0.5) is 0 Å². The van der Waals surface area contributed by atoms with Gasteiger partial charge in [0.1, 0.15) is 0 Å². The molecule has 1 atom stereocenters. The number of nitrogens with one attached hydrogen (secondary N) is 1. The Balaban J connectivity index is 1.43. The summed E-state index contributed by atoms with van der Waals surface area (Å²) < 4.78 is 41.1. The highest BCUT2D eigenvalue weighted by Gasteiger charge is 2.22. The minimum Gasteiger partial charge on any atom is -0.378 e. The van der Waals surface area contributed by atoms with Crippen LogP contribution in [0.5, 0.6) is 0 Å². The molecule has 168 valence electrons. The summed E-state index contributed by atoms with van der Waals surface area (Å²) >= 11 is 4.22. The molecule has 2 rings (SSSR count). The van der Waals surface area contributed by atoms with Crippen LogP contribution in [0, 0.1) is 0 Å². The third-order valence-corrected chi connectivity index (χ3v) is 6.10. The standard InChI is InChI=1S/C17H33N5O5S2/c1-16(28)18-2-6-25-8-10-27-11-9-26-7-3-22-15-17(19-20-22)14-21-4-12-29(23,24)13-5-21/h15-16,18,28H,2-14H2,1H3. The summed E-state index contributed by atoms with van der Waals surface area (Å²) in [5, 5.41) is 11.6. The van der Waals surface area contributed by atoms with Crippen LogP contribution in [0.3, 0.4) is 0 Å². The van der Waals surface area contributed by atoms with Crippen molar-refractivity contribution in [3.8, 4) is 0 Å². The van der Waals surface area contributed by atoms with Gasteiger partial charge in [0, 0.05) is 37.7 Å². The average molecular weight is 452 g/mol. The highest BCUT2D eigenvalue weighted by atomic mass is 32.2. The van der Waals surface area contributed by atoms with E-state index in [0.717, 1.165) is 12.2 Å². The second-order valence-corrected chi connectivity index (χ2v) is 9.95. The van der Waals surface area contributed by atoms with E-state index in [4.69, 9.17) is 14.2 Å². The predicted octanol–water partition coefficient (Wildman–Crippen LogP) is -0.576. The van der Waals surface area contributed by atoms with E-state index < -0.39 is 9.84 Å². The number of ether oxygens (including phenoxy) is 3. The molecule has 1 aromatic rings. The van der Waals surface area contributed by atoms with Gasteiger partial charge in [0.2, 0.25) is 0 Å². The van der Waals surface area contributed by atoms with Gasteiger partial charge in [0.05, 0.1) is 63.4 Å². The van der Waals surface area contributed by atoms with Gasteiger partial charge in [-0.25, -0.2) is 13.1 Å². The normalized spacial score (nSPS) is 18.1. The second kappa shape index (κ2) is 13.5. The zero-order valence-corrected chi connectivity index (χ0v) is 18.7. The molecule has 1 N–H and O–H groups in total. The minimum absolute atomic E-state index is 0.173. The number of aromatic nitrogens is 3. The molecular weight excluding hydrogens is 418 g/mol. The fourth-order valence-corrected chi connectivity index (χ4v) is 4.10. The van der Waals surface area contributed by atoms with Crippen LogP contribution in [-0.4, -0.2) is 104 Å². The molecule has 1 aromatic heterocycles. The first kappa shape index (κ1) is 24.5. The molecule has 2 heterocycles. The quantitative estimate of drug-likeness (QED) is 0.206. The van der Waals surface area contributed by atoms with E-state index in [9.17, 15) is 8.42 Å². The number of rotatable bonds is 15. The number of sulfone groups is 1. The smallest absolute Gasteiger partial charge is 0.152 e. The molecule has 10 nitrogen and oxygen atoms in total. The summed E-state index contributed by atoms with van der Waals surface area (Å²) in [6.45, 7) is 8.40. The molecule has 0 bridgehead atoms. The summed E-state index contributed by atoms with van der Waals surface area (Å²) in [5.74, 6) is 0.436. The molecule has 1 aliphatic heterocycles. The van der Waals surface area contributed by atoms with Crippen LogP contribution >= 0.6 is 12.6 Å². The number of nitrogens with zero attached hydrogens (tertiary/aromatic N) is 4. The molecule has 0 radical (unpaired) electrons. The predicted molar refractivity (Wildman–Crippen MR) is 113 cm³/mol. The van der Waals surface area contributed by atoms with E-state index in [1.54, 1.807) is 4.68 Å². The zero-order valence-electron chi connectivity index (χ0n) is 17.0. The van der Waals surface area contributed by atoms with Crippen LogP contribution in [0.1, 0.15) is 12.6 Å². The highest BCUT2D eigenvalue weighted by Crippen LogP contribution is 2.07. The molecule has 0 spiro atoms. The fraction of sp³-hybridized carbons (Fsp3) is 0.882. The molecule has 0 amide bonds. The molecule has 29 heavy (non-hydrogen) atoms. The Labute approximate surface area is 178 Å². The molecule has 1 fully saturated rings. The summed E-state index contributed by atoms with van der Waals surface area (Å²) in [5.41, 5.74) is 0.839. The maximum Gasteiger partial charge on any atom is 0.152 e. The number of thiol groups is 1. The lowest BCUT2D eigenvalue weighted by molar-refractivity contribution is 0.0133. The van der Waals surface area contributed by atoms with E-state index in [-0.39, 0.29) is 16.9 Å². The maximum absolute atomic E-state index is 11.5. The van der Waals surface area contributed by atoms with Crippen LogP contribution < -0.4 is 5.32 Å². The highest BCUT2D eigenvalue weighted by molar-refractivity contribution is 7.91. The fourth-order valence-electron chi connectivity index (χ4n) is 2.70. The van der Waals surface area contributed by atoms with Gasteiger partial charge in [-0.3, -0.25) is 4.90 Å². The van der Waals surface area contributed by atoms with Crippen molar-refractivity contribution in [2.24, 2.45) is 0 Å². The molecular formula is C17H33N5O5S2. The molecule has 1 aliphatic rings. The van der Waals surface area contributed by atoms with E-state index in [1.807, 2.05) is 13.1 Å². The summed E-state index contributed by atoms with van der Waals surface area (Å²) in [7, 11) is -2.86. The summed E-state index contributed by atoms with van der Waals surface area (Å²) in [4.78, 5) is 2.09. The third-order valence-electron chi connectivity index (χ3n) is 4.30. The lowest BCUT2D eigenvalue weighted by Gasteiger charge is -2.25. The monoisotopic (exact) mass is 451 g/mol. The largest absolute Gasteiger partial charge is 0.378 e. The third kappa shape index (κ3) is 11.3. The van der Waals surface area contributed by atoms with Crippen molar-refractivity contribution >= 4 is 22.5 Å². The second-order valence-electron chi connectivity index (χ2n) is 6.87. The van der Waals surface area contributed by atoms with E-state index in [2.05, 4.69) is 33.2 Å².